The maximum absolute atomic E-state index is 11.8. The Morgan fingerprint density at radius 3 is 2.41 bits per heavy atom. The quantitative estimate of drug-likeness (QED) is 0.434. The van der Waals surface area contributed by atoms with Gasteiger partial charge >= 0.3 is 5.97 Å². The summed E-state index contributed by atoms with van der Waals surface area (Å²) >= 11 is 0. The van der Waals surface area contributed by atoms with Crippen molar-refractivity contribution in [2.75, 3.05) is 26.0 Å². The van der Waals surface area contributed by atoms with E-state index >= 15 is 0 Å². The number of hydrogen-bond donors (Lipinski definition) is 3. The van der Waals surface area contributed by atoms with Crippen LogP contribution in [0.4, 0.5) is 0 Å². The first-order chi connectivity index (χ1) is 16.2. The van der Waals surface area contributed by atoms with E-state index in [1.807, 2.05) is 24.3 Å². The van der Waals surface area contributed by atoms with Crippen LogP contribution in [0.25, 0.3) is 0 Å². The molecule has 8 nitrogen and oxygen atoms in total. The molecule has 0 spiro atoms. The molecule has 1 aliphatic carbocycles. The maximum atomic E-state index is 11.8. The summed E-state index contributed by atoms with van der Waals surface area (Å²) in [6, 6.07) is 11.9. The number of phenols is 1. The van der Waals surface area contributed by atoms with E-state index < -0.39 is 15.9 Å². The van der Waals surface area contributed by atoms with Crippen LogP contribution in [-0.2, 0) is 14.6 Å². The van der Waals surface area contributed by atoms with E-state index in [1.165, 1.54) is 23.8 Å². The molecule has 2 aromatic rings. The van der Waals surface area contributed by atoms with Crippen molar-refractivity contribution < 1.29 is 32.9 Å². The molecule has 3 N–H and O–H groups in total. The lowest BCUT2D eigenvalue weighted by atomic mass is 9.81. The fourth-order valence-electron chi connectivity index (χ4n) is 4.17. The van der Waals surface area contributed by atoms with Crippen LogP contribution in [0, 0.1) is 0 Å². The fraction of sp³-hybridized carbons (Fsp3) is 0.480. The number of aliphatic hydroxyl groups is 1. The number of esters is 1. The molecule has 0 bridgehead atoms. The van der Waals surface area contributed by atoms with Gasteiger partial charge in [0, 0.05) is 24.9 Å². The second-order valence-electron chi connectivity index (χ2n) is 8.67. The molecule has 0 aliphatic heterocycles. The monoisotopic (exact) mass is 491 g/mol. The summed E-state index contributed by atoms with van der Waals surface area (Å²) in [5, 5.41) is 23.4. The molecular weight excluding hydrogens is 458 g/mol. The summed E-state index contributed by atoms with van der Waals surface area (Å²) in [5.41, 5.74) is 1.79. The number of nitrogens with one attached hydrogen (secondary N) is 1. The van der Waals surface area contributed by atoms with E-state index in [1.54, 1.807) is 6.92 Å². The van der Waals surface area contributed by atoms with Gasteiger partial charge in [0.05, 0.1) is 12.2 Å². The number of sulfone groups is 1. The summed E-state index contributed by atoms with van der Waals surface area (Å²) < 4.78 is 34.0. The molecule has 1 atom stereocenters. The van der Waals surface area contributed by atoms with Crippen LogP contribution in [0.5, 0.6) is 11.5 Å². The molecule has 0 radical (unpaired) electrons. The number of benzene rings is 2. The average Bonchev–Trinajstić information content (AvgIpc) is 2.82. The van der Waals surface area contributed by atoms with Crippen LogP contribution in [0.3, 0.4) is 0 Å². The van der Waals surface area contributed by atoms with Gasteiger partial charge in [-0.1, -0.05) is 12.1 Å². The van der Waals surface area contributed by atoms with Gasteiger partial charge in [0.15, 0.2) is 9.84 Å². The molecule has 34 heavy (non-hydrogen) atoms. The Morgan fingerprint density at radius 2 is 1.79 bits per heavy atom. The lowest BCUT2D eigenvalue weighted by Gasteiger charge is -2.30. The predicted molar refractivity (Wildman–Crippen MR) is 128 cm³/mol. The van der Waals surface area contributed by atoms with E-state index in [2.05, 4.69) is 5.32 Å². The predicted octanol–water partition coefficient (Wildman–Crippen LogP) is 3.03. The smallest absolute Gasteiger partial charge is 0.338 e. The van der Waals surface area contributed by atoms with Gasteiger partial charge in [-0.2, -0.15) is 0 Å². The maximum Gasteiger partial charge on any atom is 0.338 e. The van der Waals surface area contributed by atoms with Gasteiger partial charge in [-0.05, 0) is 68.4 Å². The molecule has 3 rings (SSSR count). The van der Waals surface area contributed by atoms with Crippen molar-refractivity contribution in [2.24, 2.45) is 0 Å². The van der Waals surface area contributed by atoms with Crippen molar-refractivity contribution in [3.05, 3.63) is 53.6 Å². The lowest BCUT2D eigenvalue weighted by Crippen LogP contribution is -2.39. The molecule has 1 aliphatic rings. The molecule has 0 saturated heterocycles. The molecule has 1 fully saturated rings. The zero-order valence-corrected chi connectivity index (χ0v) is 20.4. The lowest BCUT2D eigenvalue weighted by molar-refractivity contribution is 0.0526. The van der Waals surface area contributed by atoms with Crippen LogP contribution in [-0.4, -0.2) is 62.8 Å². The van der Waals surface area contributed by atoms with E-state index in [0.29, 0.717) is 30.7 Å². The van der Waals surface area contributed by atoms with Gasteiger partial charge in [-0.15, -0.1) is 0 Å². The Labute approximate surface area is 200 Å². The minimum Gasteiger partial charge on any atom is -0.507 e. The first-order valence-electron chi connectivity index (χ1n) is 11.5. The van der Waals surface area contributed by atoms with Gasteiger partial charge in [0.1, 0.15) is 29.1 Å². The van der Waals surface area contributed by atoms with Gasteiger partial charge in [-0.3, -0.25) is 0 Å². The minimum absolute atomic E-state index is 0.00311. The number of carbonyl (C=O) groups is 1. The second-order valence-corrected chi connectivity index (χ2v) is 10.6. The van der Waals surface area contributed by atoms with Crippen molar-refractivity contribution in [1.82, 2.24) is 5.32 Å². The topological polar surface area (TPSA) is 122 Å². The molecule has 9 heteroatoms. The highest BCUT2D eigenvalue weighted by molar-refractivity contribution is 7.90. The number of aromatic hydroxyl groups is 1. The highest BCUT2D eigenvalue weighted by Gasteiger charge is 2.23. The van der Waals surface area contributed by atoms with Crippen LogP contribution < -0.4 is 10.1 Å². The van der Waals surface area contributed by atoms with Crippen molar-refractivity contribution in [3.63, 3.8) is 0 Å². The first-order valence-corrected chi connectivity index (χ1v) is 13.4. The third-order valence-corrected chi connectivity index (χ3v) is 7.16. The molecule has 186 valence electrons. The standard InChI is InChI=1S/C25H33NO7S/c1-3-32-25(29)19-6-4-17(5-7-19)18-8-10-20(11-9-18)26-15-21(27)16-33-22-12-13-23(28)24(14-22)34(2,30)31/h4-7,12-14,18,20-21,26-28H,3,8-11,15-16H2,1-2H3/t18-,20-,21-/m0/s1. The van der Waals surface area contributed by atoms with Crippen LogP contribution in [0.2, 0.25) is 0 Å². The molecule has 0 aromatic heterocycles. The number of aliphatic hydroxyl groups excluding tert-OH is 1. The molecular formula is C25H33NO7S. The summed E-state index contributed by atoms with van der Waals surface area (Å²) in [4.78, 5) is 11.6. The SMILES string of the molecule is CCOC(=O)c1ccc([C@H]2CC[C@H](NC[C@H](O)COc3ccc(O)c(S(C)(=O)=O)c3)CC2)cc1. The zero-order valence-electron chi connectivity index (χ0n) is 19.6. The molecule has 0 heterocycles. The fourth-order valence-corrected chi connectivity index (χ4v) is 4.95. The number of hydrogen-bond acceptors (Lipinski definition) is 8. The normalized spacial score (nSPS) is 19.4. The van der Waals surface area contributed by atoms with Crippen molar-refractivity contribution in [3.8, 4) is 11.5 Å². The first kappa shape index (κ1) is 26.0. The average molecular weight is 492 g/mol. The molecule has 2 aromatic carbocycles. The third-order valence-electron chi connectivity index (χ3n) is 6.04. The summed E-state index contributed by atoms with van der Waals surface area (Å²) in [5.74, 6) is 0.0844. The highest BCUT2D eigenvalue weighted by atomic mass is 32.2. The van der Waals surface area contributed by atoms with E-state index in [0.717, 1.165) is 31.9 Å². The Balaban J connectivity index is 1.41. The summed E-state index contributed by atoms with van der Waals surface area (Å²) in [6.07, 6.45) is 4.25. The second kappa shape index (κ2) is 11.7. The highest BCUT2D eigenvalue weighted by Crippen LogP contribution is 2.33. The third kappa shape index (κ3) is 7.19. The van der Waals surface area contributed by atoms with Crippen molar-refractivity contribution in [2.45, 2.75) is 55.6 Å². The Kier molecular flexibility index (Phi) is 8.93. The van der Waals surface area contributed by atoms with Crippen molar-refractivity contribution >= 4 is 15.8 Å². The molecule has 0 unspecified atom stereocenters. The van der Waals surface area contributed by atoms with Gasteiger partial charge in [-0.25, -0.2) is 13.2 Å². The van der Waals surface area contributed by atoms with Gasteiger partial charge in [0.25, 0.3) is 0 Å². The van der Waals surface area contributed by atoms with Crippen LogP contribution in [0.15, 0.2) is 47.4 Å². The summed E-state index contributed by atoms with van der Waals surface area (Å²) in [7, 11) is -3.58. The Hall–Kier alpha value is -2.62. The van der Waals surface area contributed by atoms with E-state index in [-0.39, 0.29) is 29.0 Å². The number of rotatable bonds is 10. The van der Waals surface area contributed by atoms with Crippen LogP contribution in [0.1, 0.15) is 54.4 Å². The number of phenolic OH excluding ortho intramolecular Hbond substituents is 1. The zero-order chi connectivity index (χ0) is 24.7. The van der Waals surface area contributed by atoms with E-state index in [9.17, 15) is 23.4 Å². The Morgan fingerprint density at radius 1 is 1.12 bits per heavy atom. The summed E-state index contributed by atoms with van der Waals surface area (Å²) in [6.45, 7) is 2.51. The minimum atomic E-state index is -3.58. The number of carbonyl (C=O) groups excluding carboxylic acids is 1. The van der Waals surface area contributed by atoms with E-state index in [4.69, 9.17) is 9.47 Å². The number of ether oxygens (including phenoxy) is 2. The van der Waals surface area contributed by atoms with Crippen LogP contribution >= 0.6 is 0 Å². The largest absolute Gasteiger partial charge is 0.507 e. The van der Waals surface area contributed by atoms with Crippen molar-refractivity contribution in [1.29, 1.82) is 0 Å². The molecule has 1 saturated carbocycles. The van der Waals surface area contributed by atoms with Gasteiger partial charge < -0.3 is 25.0 Å². The van der Waals surface area contributed by atoms with Gasteiger partial charge in [0.2, 0.25) is 0 Å². The molecule has 0 amide bonds. The Bertz CT molecular complexity index is 1060.